The van der Waals surface area contributed by atoms with E-state index in [2.05, 4.69) is 22.4 Å². The summed E-state index contributed by atoms with van der Waals surface area (Å²) in [6.45, 7) is 2.18. The Hall–Kier alpha value is -1.91. The number of aromatic nitrogens is 4. The van der Waals surface area contributed by atoms with Crippen LogP contribution in [0.3, 0.4) is 0 Å². The lowest BCUT2D eigenvalue weighted by Crippen LogP contribution is -2.24. The van der Waals surface area contributed by atoms with E-state index in [4.69, 9.17) is 5.73 Å². The Morgan fingerprint density at radius 2 is 2.11 bits per heavy atom. The van der Waals surface area contributed by atoms with Crippen LogP contribution in [0.4, 0.5) is 5.69 Å². The zero-order valence-electron chi connectivity index (χ0n) is 10.5. The van der Waals surface area contributed by atoms with Gasteiger partial charge in [-0.1, -0.05) is 18.6 Å². The third kappa shape index (κ3) is 1.75. The van der Waals surface area contributed by atoms with Crippen LogP contribution in [0.15, 0.2) is 24.3 Å². The zero-order valence-corrected chi connectivity index (χ0v) is 10.5. The van der Waals surface area contributed by atoms with Crippen LogP contribution < -0.4 is 5.73 Å². The minimum Gasteiger partial charge on any atom is -0.398 e. The van der Waals surface area contributed by atoms with Crippen molar-refractivity contribution < 1.29 is 0 Å². The number of rotatable bonds is 3. The number of hydrogen-bond donors (Lipinski definition) is 1. The Bertz CT molecular complexity index is 544. The highest BCUT2D eigenvalue weighted by Gasteiger charge is 2.28. The number of hydrogen-bond acceptors (Lipinski definition) is 4. The lowest BCUT2D eigenvalue weighted by molar-refractivity contribution is 0.210. The van der Waals surface area contributed by atoms with E-state index in [1.54, 1.807) is 0 Å². The zero-order chi connectivity index (χ0) is 12.5. The van der Waals surface area contributed by atoms with E-state index in [1.807, 2.05) is 28.9 Å². The van der Waals surface area contributed by atoms with Crippen LogP contribution in [0, 0.1) is 5.92 Å². The molecule has 1 aliphatic carbocycles. The number of anilines is 1. The fraction of sp³-hybridized carbons (Fsp3) is 0.462. The van der Waals surface area contributed by atoms with Crippen LogP contribution in [-0.2, 0) is 0 Å². The third-order valence-electron chi connectivity index (χ3n) is 3.91. The second-order valence-electron chi connectivity index (χ2n) is 4.97. The Morgan fingerprint density at radius 3 is 2.78 bits per heavy atom. The van der Waals surface area contributed by atoms with Crippen LogP contribution in [0.25, 0.3) is 11.4 Å². The first kappa shape index (κ1) is 11.2. The van der Waals surface area contributed by atoms with E-state index in [1.165, 1.54) is 19.3 Å². The van der Waals surface area contributed by atoms with Crippen molar-refractivity contribution in [2.45, 2.75) is 32.2 Å². The first-order chi connectivity index (χ1) is 8.77. The Morgan fingerprint density at radius 1 is 1.33 bits per heavy atom. The summed E-state index contributed by atoms with van der Waals surface area (Å²) in [6.07, 6.45) is 3.86. The van der Waals surface area contributed by atoms with E-state index >= 15 is 0 Å². The fourth-order valence-corrected chi connectivity index (χ4v) is 2.47. The Kier molecular flexibility index (Phi) is 2.74. The van der Waals surface area contributed by atoms with Gasteiger partial charge >= 0.3 is 0 Å². The Labute approximate surface area is 106 Å². The highest BCUT2D eigenvalue weighted by molar-refractivity contribution is 5.71. The molecule has 1 fully saturated rings. The number of para-hydroxylation sites is 1. The van der Waals surface area contributed by atoms with E-state index < -0.39 is 0 Å². The molecule has 0 radical (unpaired) electrons. The van der Waals surface area contributed by atoms with Gasteiger partial charge in [0, 0.05) is 11.3 Å². The van der Waals surface area contributed by atoms with Gasteiger partial charge in [0.2, 0.25) is 0 Å². The molecule has 1 aromatic heterocycles. The first-order valence-electron chi connectivity index (χ1n) is 6.40. The molecule has 0 aliphatic heterocycles. The summed E-state index contributed by atoms with van der Waals surface area (Å²) in [5.41, 5.74) is 7.62. The molecular weight excluding hydrogens is 226 g/mol. The first-order valence-corrected chi connectivity index (χ1v) is 6.40. The average Bonchev–Trinajstić information content (AvgIpc) is 2.76. The largest absolute Gasteiger partial charge is 0.398 e. The maximum absolute atomic E-state index is 5.99. The highest BCUT2D eigenvalue weighted by Crippen LogP contribution is 2.37. The molecule has 1 aromatic carbocycles. The molecule has 1 unspecified atom stereocenters. The normalized spacial score (nSPS) is 17.4. The molecule has 0 bridgehead atoms. The molecule has 3 rings (SSSR count). The number of nitrogens with two attached hydrogens (primary N) is 1. The average molecular weight is 243 g/mol. The van der Waals surface area contributed by atoms with Crippen molar-refractivity contribution in [1.82, 2.24) is 20.2 Å². The number of benzene rings is 1. The summed E-state index contributed by atoms with van der Waals surface area (Å²) < 4.78 is 1.91. The molecule has 1 atom stereocenters. The van der Waals surface area contributed by atoms with Gasteiger partial charge in [-0.3, -0.25) is 0 Å². The topological polar surface area (TPSA) is 69.6 Å². The van der Waals surface area contributed by atoms with Gasteiger partial charge in [-0.05, 0) is 48.2 Å². The van der Waals surface area contributed by atoms with Gasteiger partial charge in [-0.15, -0.1) is 5.10 Å². The van der Waals surface area contributed by atoms with E-state index in [0.717, 1.165) is 11.4 Å². The maximum Gasteiger partial charge on any atom is 0.184 e. The van der Waals surface area contributed by atoms with Gasteiger partial charge in [0.25, 0.3) is 0 Å². The third-order valence-corrected chi connectivity index (χ3v) is 3.91. The molecule has 5 nitrogen and oxygen atoms in total. The molecule has 0 amide bonds. The number of nitrogen functional groups attached to an aromatic ring is 1. The minimum atomic E-state index is 0.336. The minimum absolute atomic E-state index is 0.336. The van der Waals surface area contributed by atoms with Crippen molar-refractivity contribution in [2.24, 2.45) is 5.92 Å². The summed E-state index contributed by atoms with van der Waals surface area (Å²) in [4.78, 5) is 0. The van der Waals surface area contributed by atoms with Gasteiger partial charge in [0.1, 0.15) is 0 Å². The van der Waals surface area contributed by atoms with Gasteiger partial charge in [-0.2, -0.15) is 0 Å². The van der Waals surface area contributed by atoms with Gasteiger partial charge in [-0.25, -0.2) is 4.68 Å². The van der Waals surface area contributed by atoms with Crippen molar-refractivity contribution in [1.29, 1.82) is 0 Å². The molecule has 2 aromatic rings. The van der Waals surface area contributed by atoms with Crippen LogP contribution in [0.2, 0.25) is 0 Å². The highest BCUT2D eigenvalue weighted by atomic mass is 15.5. The molecule has 5 heteroatoms. The number of tetrazole rings is 1. The van der Waals surface area contributed by atoms with Crippen LogP contribution in [0.5, 0.6) is 0 Å². The van der Waals surface area contributed by atoms with Crippen molar-refractivity contribution in [2.75, 3.05) is 5.73 Å². The molecule has 2 N–H and O–H groups in total. The maximum atomic E-state index is 5.99. The molecule has 1 saturated carbocycles. The van der Waals surface area contributed by atoms with E-state index in [9.17, 15) is 0 Å². The lowest BCUT2D eigenvalue weighted by Gasteiger charge is -2.31. The monoisotopic (exact) mass is 243 g/mol. The molecule has 94 valence electrons. The van der Waals surface area contributed by atoms with Crippen molar-refractivity contribution in [3.05, 3.63) is 24.3 Å². The predicted molar refractivity (Wildman–Crippen MR) is 69.7 cm³/mol. The van der Waals surface area contributed by atoms with Crippen molar-refractivity contribution in [3.8, 4) is 11.4 Å². The SMILES string of the molecule is CC(C1CCC1)n1nnnc1-c1ccccc1N. The molecular formula is C13H17N5. The standard InChI is InChI=1S/C13H17N5/c1-9(10-5-4-6-10)18-13(15-16-17-18)11-7-2-3-8-12(11)14/h2-3,7-10H,4-6,14H2,1H3. The number of nitrogens with zero attached hydrogens (tertiary/aromatic N) is 4. The van der Waals surface area contributed by atoms with Crippen molar-refractivity contribution >= 4 is 5.69 Å². The fourth-order valence-electron chi connectivity index (χ4n) is 2.47. The molecule has 1 aliphatic rings. The van der Waals surface area contributed by atoms with E-state index in [-0.39, 0.29) is 0 Å². The molecule has 1 heterocycles. The van der Waals surface area contributed by atoms with Crippen molar-refractivity contribution in [3.63, 3.8) is 0 Å². The van der Waals surface area contributed by atoms with Crippen LogP contribution >= 0.6 is 0 Å². The second-order valence-corrected chi connectivity index (χ2v) is 4.97. The summed E-state index contributed by atoms with van der Waals surface area (Å²) >= 11 is 0. The Balaban J connectivity index is 1.98. The van der Waals surface area contributed by atoms with Gasteiger partial charge in [0.15, 0.2) is 5.82 Å². The van der Waals surface area contributed by atoms with Gasteiger partial charge < -0.3 is 5.73 Å². The molecule has 0 spiro atoms. The second kappa shape index (κ2) is 4.40. The van der Waals surface area contributed by atoms with E-state index in [0.29, 0.717) is 17.6 Å². The summed E-state index contributed by atoms with van der Waals surface area (Å²) in [5.74, 6) is 1.46. The van der Waals surface area contributed by atoms with Crippen LogP contribution in [-0.4, -0.2) is 20.2 Å². The smallest absolute Gasteiger partial charge is 0.184 e. The lowest BCUT2D eigenvalue weighted by atomic mass is 9.80. The summed E-state index contributed by atoms with van der Waals surface area (Å²) in [7, 11) is 0. The van der Waals surface area contributed by atoms with Gasteiger partial charge in [0.05, 0.1) is 6.04 Å². The predicted octanol–water partition coefficient (Wildman–Crippen LogP) is 2.28. The molecule has 0 saturated heterocycles. The quantitative estimate of drug-likeness (QED) is 0.840. The van der Waals surface area contributed by atoms with Crippen LogP contribution in [0.1, 0.15) is 32.2 Å². The summed E-state index contributed by atoms with van der Waals surface area (Å²) in [6, 6.07) is 8.05. The summed E-state index contributed by atoms with van der Waals surface area (Å²) in [5, 5.41) is 12.1. The molecule has 18 heavy (non-hydrogen) atoms.